The number of benzene rings is 2. The fourth-order valence-electron chi connectivity index (χ4n) is 8.10. The molecule has 0 aliphatic heterocycles. The molecule has 2 aromatic carbocycles. The molecule has 8 heteroatoms. The van der Waals surface area contributed by atoms with Crippen molar-refractivity contribution in [3.05, 3.63) is 59.7 Å². The molecule has 0 saturated heterocycles. The molecule has 1 N–H and O–H groups in total. The Morgan fingerprint density at radius 3 is 1.16 bits per heavy atom. The summed E-state index contributed by atoms with van der Waals surface area (Å²) in [5.74, 6) is -4.56. The van der Waals surface area contributed by atoms with E-state index >= 15 is 0 Å². The maximum absolute atomic E-state index is 13.4. The third kappa shape index (κ3) is 18.4. The zero-order valence-electron chi connectivity index (χ0n) is 36.7. The van der Waals surface area contributed by atoms with Crippen LogP contribution in [0.3, 0.4) is 0 Å². The van der Waals surface area contributed by atoms with E-state index in [9.17, 15) is 24.3 Å². The van der Waals surface area contributed by atoms with E-state index in [0.717, 1.165) is 52.1 Å². The fraction of sp³-hybridized carbons (Fsp3) is 0.680. The maximum Gasteiger partial charge on any atom is 0.344 e. The van der Waals surface area contributed by atoms with Crippen LogP contribution in [0.5, 0.6) is 0 Å². The van der Waals surface area contributed by atoms with E-state index in [0.29, 0.717) is 17.7 Å². The molecule has 0 fully saturated rings. The van der Waals surface area contributed by atoms with E-state index < -0.39 is 35.0 Å². The van der Waals surface area contributed by atoms with Crippen molar-refractivity contribution in [2.24, 2.45) is 0 Å². The van der Waals surface area contributed by atoms with Crippen LogP contribution in [-0.4, -0.2) is 52.2 Å². The lowest BCUT2D eigenvalue weighted by Crippen LogP contribution is -2.65. The number of carbonyl (C=O) groups is 4. The number of carbonyl (C=O) groups excluding carboxylic acids is 3. The van der Waals surface area contributed by atoms with Crippen LogP contribution in [0.2, 0.25) is 0 Å². The predicted octanol–water partition coefficient (Wildman–Crippen LogP) is 13.5. The summed E-state index contributed by atoms with van der Waals surface area (Å²) in [6.07, 6.45) is 31.3. The zero-order chi connectivity index (χ0) is 42.3. The Bertz CT molecular complexity index is 1360. The molecule has 0 bridgehead atoms. The molecule has 1 aliphatic carbocycles. The van der Waals surface area contributed by atoms with Gasteiger partial charge in [-0.05, 0) is 41.5 Å². The number of esters is 1. The average Bonchev–Trinajstić information content (AvgIpc) is 3.61. The first kappa shape index (κ1) is 51.0. The first-order chi connectivity index (χ1) is 28.3. The van der Waals surface area contributed by atoms with Crippen molar-refractivity contribution in [2.75, 3.05) is 12.9 Å². The quantitative estimate of drug-likeness (QED) is 0.0281. The van der Waals surface area contributed by atoms with E-state index in [1.165, 1.54) is 138 Å². The molecule has 0 heterocycles. The number of methoxy groups -OCH3 is 1. The summed E-state index contributed by atoms with van der Waals surface area (Å²) in [5, 5.41) is 10.1. The Hall–Kier alpha value is -3.13. The molecule has 2 aromatic rings. The van der Waals surface area contributed by atoms with Crippen molar-refractivity contribution in [1.82, 2.24) is 4.90 Å². The van der Waals surface area contributed by atoms with Crippen molar-refractivity contribution >= 4 is 36.4 Å². The molecule has 326 valence electrons. The third-order valence-electron chi connectivity index (χ3n) is 11.7. The molecule has 2 amide bonds. The Labute approximate surface area is 358 Å². The minimum atomic E-state index is -2.46. The minimum Gasteiger partial charge on any atom is -0.479 e. The van der Waals surface area contributed by atoms with Crippen LogP contribution in [-0.2, 0) is 30.3 Å². The molecule has 0 spiro atoms. The lowest BCUT2D eigenvalue weighted by molar-refractivity contribution is -0.177. The number of amides is 2. The summed E-state index contributed by atoms with van der Waals surface area (Å²) >= 11 is 4.12. The van der Waals surface area contributed by atoms with Crippen LogP contribution >= 0.6 is 12.6 Å². The Morgan fingerprint density at radius 2 is 0.862 bits per heavy atom. The summed E-state index contributed by atoms with van der Waals surface area (Å²) in [6.45, 7) is 4.47. The summed E-state index contributed by atoms with van der Waals surface area (Å²) in [6, 6.07) is 17.3. The van der Waals surface area contributed by atoms with Crippen LogP contribution in [0.1, 0.15) is 205 Å². The molecule has 58 heavy (non-hydrogen) atoms. The van der Waals surface area contributed by atoms with Gasteiger partial charge in [0.15, 0.2) is 0 Å². The highest BCUT2D eigenvalue weighted by Crippen LogP contribution is 2.35. The summed E-state index contributed by atoms with van der Waals surface area (Å²) in [5.41, 5.74) is 3.29. The van der Waals surface area contributed by atoms with Gasteiger partial charge in [-0.25, -0.2) is 9.59 Å². The van der Waals surface area contributed by atoms with Gasteiger partial charge < -0.3 is 9.84 Å². The highest BCUT2D eigenvalue weighted by Gasteiger charge is 2.56. The summed E-state index contributed by atoms with van der Waals surface area (Å²) in [4.78, 5) is 52.5. The number of aliphatic carboxylic acids is 1. The summed E-state index contributed by atoms with van der Waals surface area (Å²) < 4.78 is 4.78. The van der Waals surface area contributed by atoms with Crippen LogP contribution in [0.25, 0.3) is 11.1 Å². The molecule has 1 atom stereocenters. The number of carboxylic acid groups (broad SMARTS) is 1. The van der Waals surface area contributed by atoms with Gasteiger partial charge in [-0.3, -0.25) is 14.5 Å². The Kier molecular flexibility index (Phi) is 27.9. The molecule has 7 nitrogen and oxygen atoms in total. The van der Waals surface area contributed by atoms with Gasteiger partial charge in [-0.15, -0.1) is 0 Å². The van der Waals surface area contributed by atoms with Crippen molar-refractivity contribution in [3.8, 4) is 11.1 Å². The van der Waals surface area contributed by atoms with Crippen LogP contribution in [0.15, 0.2) is 48.5 Å². The number of hydrogen-bond donors (Lipinski definition) is 2. The standard InChI is InChI=1S/C37H69NO6S.C13H10/c1-4-6-8-10-12-14-16-18-20-22-24-26-28-30-33(39)38(37(32-45,35(41)42)36(43)44-3)34(40)31-29-27-25-23-21-19-17-15-13-11-9-7-5-2;1-3-7-12-10(5-1)9-11-6-2-4-8-13(11)12/h45H,4-32H2,1-3H3,(H,41,42);1-8H,9H2/t37-;/m0./s1. The van der Waals surface area contributed by atoms with Gasteiger partial charge in [0.05, 0.1) is 7.11 Å². The number of fused-ring (bicyclic) bond motifs is 3. The number of unbranched alkanes of at least 4 members (excludes halogenated alkanes) is 24. The monoisotopic (exact) mass is 822 g/mol. The second-order valence-corrected chi connectivity index (χ2v) is 16.7. The second-order valence-electron chi connectivity index (χ2n) is 16.4. The SMILES string of the molecule is CCCCCCCCCCCCCCCC(=O)N(C(=O)CCCCCCCCCCCCCCC)[C@@](CS)(C(=O)O)C(=O)OC.c1ccc2c(c1)Cc1ccccc1-2. The Morgan fingerprint density at radius 1 is 0.552 bits per heavy atom. The first-order valence-corrected chi connectivity index (χ1v) is 23.9. The molecule has 0 radical (unpaired) electrons. The van der Waals surface area contributed by atoms with E-state index in [4.69, 9.17) is 4.74 Å². The highest BCUT2D eigenvalue weighted by atomic mass is 32.1. The van der Waals surface area contributed by atoms with Gasteiger partial charge >= 0.3 is 11.9 Å². The lowest BCUT2D eigenvalue weighted by atomic mass is 9.97. The number of ether oxygens (including phenoxy) is 1. The number of hydrogen-bond acceptors (Lipinski definition) is 6. The number of nitrogens with zero attached hydrogens (tertiary/aromatic N) is 1. The molecule has 3 rings (SSSR count). The van der Waals surface area contributed by atoms with Gasteiger partial charge in [-0.1, -0.05) is 216 Å². The number of rotatable bonds is 32. The molecular weight excluding hydrogens is 743 g/mol. The number of imide groups is 1. The van der Waals surface area contributed by atoms with Gasteiger partial charge in [0, 0.05) is 18.6 Å². The highest BCUT2D eigenvalue weighted by molar-refractivity contribution is 7.80. The second kappa shape index (κ2) is 31.7. The maximum atomic E-state index is 13.4. The van der Waals surface area contributed by atoms with Crippen molar-refractivity contribution in [3.63, 3.8) is 0 Å². The van der Waals surface area contributed by atoms with E-state index in [2.05, 4.69) is 75.0 Å². The van der Waals surface area contributed by atoms with E-state index in [-0.39, 0.29) is 12.8 Å². The molecule has 0 unspecified atom stereocenters. The van der Waals surface area contributed by atoms with Crippen molar-refractivity contribution < 1.29 is 29.0 Å². The number of carboxylic acids is 1. The van der Waals surface area contributed by atoms with Gasteiger partial charge in [0.1, 0.15) is 0 Å². The molecular formula is C50H79NO6S. The summed E-state index contributed by atoms with van der Waals surface area (Å²) in [7, 11) is 1.07. The van der Waals surface area contributed by atoms with Gasteiger partial charge in [0.2, 0.25) is 11.8 Å². The normalized spacial score (nSPS) is 12.5. The largest absolute Gasteiger partial charge is 0.479 e. The Balaban J connectivity index is 0.000000731. The first-order valence-electron chi connectivity index (χ1n) is 23.2. The van der Waals surface area contributed by atoms with Gasteiger partial charge in [0.25, 0.3) is 5.54 Å². The predicted molar refractivity (Wildman–Crippen MR) is 243 cm³/mol. The molecule has 0 aromatic heterocycles. The van der Waals surface area contributed by atoms with Crippen molar-refractivity contribution in [2.45, 2.75) is 206 Å². The molecule has 0 saturated carbocycles. The minimum absolute atomic E-state index is 0.0158. The lowest BCUT2D eigenvalue weighted by Gasteiger charge is -2.35. The average molecular weight is 822 g/mol. The fourth-order valence-corrected chi connectivity index (χ4v) is 8.51. The molecule has 1 aliphatic rings. The zero-order valence-corrected chi connectivity index (χ0v) is 37.6. The number of thiol groups is 1. The van der Waals surface area contributed by atoms with Crippen LogP contribution < -0.4 is 0 Å². The van der Waals surface area contributed by atoms with Crippen LogP contribution in [0, 0.1) is 0 Å². The van der Waals surface area contributed by atoms with Crippen molar-refractivity contribution in [1.29, 1.82) is 0 Å². The van der Waals surface area contributed by atoms with E-state index in [1.807, 2.05) is 0 Å². The smallest absolute Gasteiger partial charge is 0.344 e. The topological polar surface area (TPSA) is 101 Å². The third-order valence-corrected chi connectivity index (χ3v) is 12.1. The van der Waals surface area contributed by atoms with E-state index in [1.54, 1.807) is 0 Å². The van der Waals surface area contributed by atoms with Gasteiger partial charge in [-0.2, -0.15) is 12.6 Å². The van der Waals surface area contributed by atoms with Crippen LogP contribution in [0.4, 0.5) is 0 Å².